The summed E-state index contributed by atoms with van der Waals surface area (Å²) in [5.74, 6) is 2.07. The van der Waals surface area contributed by atoms with Gasteiger partial charge in [0.2, 0.25) is 0 Å². The molecule has 0 bridgehead atoms. The minimum absolute atomic E-state index is 0.474. The van der Waals surface area contributed by atoms with Gasteiger partial charge in [-0.3, -0.25) is 0 Å². The van der Waals surface area contributed by atoms with E-state index < -0.39 is 0 Å². The van der Waals surface area contributed by atoms with Gasteiger partial charge in [0.1, 0.15) is 5.82 Å². The number of aromatic nitrogens is 2. The van der Waals surface area contributed by atoms with E-state index in [-0.39, 0.29) is 0 Å². The van der Waals surface area contributed by atoms with Gasteiger partial charge in [0.25, 0.3) is 0 Å². The van der Waals surface area contributed by atoms with Gasteiger partial charge in [0, 0.05) is 16.7 Å². The van der Waals surface area contributed by atoms with E-state index in [4.69, 9.17) is 11.6 Å². The van der Waals surface area contributed by atoms with Crippen LogP contribution in [0.5, 0.6) is 0 Å². The van der Waals surface area contributed by atoms with Crippen molar-refractivity contribution < 1.29 is 0 Å². The largest absolute Gasteiger partial charge is 0.327 e. The first-order valence-corrected chi connectivity index (χ1v) is 9.21. The standard InChI is InChI=1S/C16H21ClIN3/c1-12(10-20-6-2-3-7-20)11-21-15-5-4-13(18)8-14(15)19-16(21)9-17/h4-5,8,12H,2-3,6-7,9-11H2,1H3. The molecule has 3 nitrogen and oxygen atoms in total. The van der Waals surface area contributed by atoms with Gasteiger partial charge in [-0.1, -0.05) is 6.92 Å². The lowest BCUT2D eigenvalue weighted by molar-refractivity contribution is 0.272. The number of rotatable bonds is 5. The molecule has 2 heterocycles. The van der Waals surface area contributed by atoms with Crippen LogP contribution in [0, 0.1) is 9.49 Å². The van der Waals surface area contributed by atoms with Crippen LogP contribution in [0.15, 0.2) is 18.2 Å². The molecule has 1 aliphatic heterocycles. The van der Waals surface area contributed by atoms with E-state index in [1.807, 2.05) is 0 Å². The van der Waals surface area contributed by atoms with Crippen LogP contribution < -0.4 is 0 Å². The Morgan fingerprint density at radius 3 is 2.76 bits per heavy atom. The molecule has 0 radical (unpaired) electrons. The fraction of sp³-hybridized carbons (Fsp3) is 0.562. The minimum Gasteiger partial charge on any atom is -0.327 e. The van der Waals surface area contributed by atoms with Crippen molar-refractivity contribution in [2.24, 2.45) is 5.92 Å². The third-order valence-corrected chi connectivity index (χ3v) is 5.08. The Kier molecular flexibility index (Phi) is 5.07. The molecular formula is C16H21ClIN3. The van der Waals surface area contributed by atoms with Crippen molar-refractivity contribution in [1.29, 1.82) is 0 Å². The molecule has 1 fully saturated rings. The Morgan fingerprint density at radius 1 is 1.29 bits per heavy atom. The third kappa shape index (κ3) is 3.54. The van der Waals surface area contributed by atoms with Gasteiger partial charge in [0.05, 0.1) is 16.9 Å². The van der Waals surface area contributed by atoms with E-state index in [2.05, 4.69) is 62.2 Å². The average molecular weight is 418 g/mol. The summed E-state index contributed by atoms with van der Waals surface area (Å²) in [5, 5.41) is 0. The van der Waals surface area contributed by atoms with Crippen LogP contribution in [0.25, 0.3) is 11.0 Å². The average Bonchev–Trinajstić information content (AvgIpc) is 3.06. The van der Waals surface area contributed by atoms with Gasteiger partial charge in [-0.2, -0.15) is 0 Å². The molecule has 1 aromatic heterocycles. The van der Waals surface area contributed by atoms with Gasteiger partial charge in [-0.05, 0) is 72.6 Å². The molecule has 1 unspecified atom stereocenters. The lowest BCUT2D eigenvalue weighted by Gasteiger charge is -2.21. The van der Waals surface area contributed by atoms with Crippen LogP contribution >= 0.6 is 34.2 Å². The summed E-state index contributed by atoms with van der Waals surface area (Å²) in [5.41, 5.74) is 2.27. The quantitative estimate of drug-likeness (QED) is 0.539. The molecule has 2 aromatic rings. The smallest absolute Gasteiger partial charge is 0.124 e. The second-order valence-corrected chi connectivity index (χ2v) is 7.53. The SMILES string of the molecule is CC(CN1CCCC1)Cn1c(CCl)nc2cc(I)ccc21. The molecule has 21 heavy (non-hydrogen) atoms. The molecule has 0 amide bonds. The molecule has 3 rings (SSSR count). The van der Waals surface area contributed by atoms with Crippen molar-refractivity contribution in [1.82, 2.24) is 14.5 Å². The van der Waals surface area contributed by atoms with Crippen molar-refractivity contribution in [3.8, 4) is 0 Å². The van der Waals surface area contributed by atoms with Gasteiger partial charge in [-0.25, -0.2) is 4.98 Å². The topological polar surface area (TPSA) is 21.1 Å². The first-order chi connectivity index (χ1) is 10.2. The molecule has 1 saturated heterocycles. The molecule has 1 aliphatic rings. The maximum Gasteiger partial charge on any atom is 0.124 e. The Labute approximate surface area is 144 Å². The molecule has 0 saturated carbocycles. The second kappa shape index (κ2) is 6.84. The predicted molar refractivity (Wildman–Crippen MR) is 96.8 cm³/mol. The highest BCUT2D eigenvalue weighted by Gasteiger charge is 2.17. The third-order valence-electron chi connectivity index (χ3n) is 4.17. The first-order valence-electron chi connectivity index (χ1n) is 7.60. The number of hydrogen-bond donors (Lipinski definition) is 0. The van der Waals surface area contributed by atoms with Crippen molar-refractivity contribution in [2.45, 2.75) is 32.2 Å². The van der Waals surface area contributed by atoms with E-state index in [0.717, 1.165) is 17.9 Å². The molecule has 114 valence electrons. The number of halogens is 2. The minimum atomic E-state index is 0.474. The highest BCUT2D eigenvalue weighted by molar-refractivity contribution is 14.1. The molecular weight excluding hydrogens is 397 g/mol. The Hall–Kier alpha value is -0.330. The zero-order valence-electron chi connectivity index (χ0n) is 12.4. The summed E-state index contributed by atoms with van der Waals surface area (Å²) < 4.78 is 3.52. The van der Waals surface area contributed by atoms with Crippen molar-refractivity contribution in [3.05, 3.63) is 27.6 Å². The summed E-state index contributed by atoms with van der Waals surface area (Å²) in [4.78, 5) is 7.27. The normalized spacial score (nSPS) is 17.7. The van der Waals surface area contributed by atoms with Crippen molar-refractivity contribution >= 4 is 45.2 Å². The van der Waals surface area contributed by atoms with E-state index >= 15 is 0 Å². The predicted octanol–water partition coefficient (Wildman–Crippen LogP) is 4.11. The van der Waals surface area contributed by atoms with Gasteiger partial charge in [0.15, 0.2) is 0 Å². The van der Waals surface area contributed by atoms with Crippen LogP contribution in [-0.4, -0.2) is 34.1 Å². The van der Waals surface area contributed by atoms with Gasteiger partial charge < -0.3 is 9.47 Å². The summed E-state index contributed by atoms with van der Waals surface area (Å²) in [7, 11) is 0. The lowest BCUT2D eigenvalue weighted by atomic mass is 10.1. The fourth-order valence-electron chi connectivity index (χ4n) is 3.23. The summed E-state index contributed by atoms with van der Waals surface area (Å²) in [6, 6.07) is 6.44. The maximum atomic E-state index is 6.10. The molecule has 0 N–H and O–H groups in total. The Morgan fingerprint density at radius 2 is 2.05 bits per heavy atom. The Balaban J connectivity index is 1.81. The number of likely N-dealkylation sites (tertiary alicyclic amines) is 1. The maximum absolute atomic E-state index is 6.10. The fourth-order valence-corrected chi connectivity index (χ4v) is 3.91. The Bertz CT molecular complexity index is 619. The summed E-state index contributed by atoms with van der Waals surface area (Å²) >= 11 is 8.43. The van der Waals surface area contributed by atoms with Crippen LogP contribution in [0.1, 0.15) is 25.6 Å². The first kappa shape index (κ1) is 15.6. The highest BCUT2D eigenvalue weighted by atomic mass is 127. The van der Waals surface area contributed by atoms with E-state index in [1.54, 1.807) is 0 Å². The number of benzene rings is 1. The molecule has 5 heteroatoms. The molecule has 0 aliphatic carbocycles. The lowest BCUT2D eigenvalue weighted by Crippen LogP contribution is -2.27. The van der Waals surface area contributed by atoms with E-state index in [0.29, 0.717) is 11.8 Å². The van der Waals surface area contributed by atoms with Crippen LogP contribution in [0.4, 0.5) is 0 Å². The summed E-state index contributed by atoms with van der Waals surface area (Å²) in [6.45, 7) is 7.02. The van der Waals surface area contributed by atoms with Crippen molar-refractivity contribution in [2.75, 3.05) is 19.6 Å². The van der Waals surface area contributed by atoms with Crippen LogP contribution in [0.3, 0.4) is 0 Å². The monoisotopic (exact) mass is 417 g/mol. The zero-order valence-corrected chi connectivity index (χ0v) is 15.3. The molecule has 0 spiro atoms. The highest BCUT2D eigenvalue weighted by Crippen LogP contribution is 2.22. The molecule has 1 aromatic carbocycles. The number of alkyl halides is 1. The molecule has 1 atom stereocenters. The summed E-state index contributed by atoms with van der Waals surface area (Å²) in [6.07, 6.45) is 2.71. The van der Waals surface area contributed by atoms with Gasteiger partial charge in [-0.15, -0.1) is 11.6 Å². The zero-order chi connectivity index (χ0) is 14.8. The second-order valence-electron chi connectivity index (χ2n) is 6.02. The van der Waals surface area contributed by atoms with Crippen LogP contribution in [-0.2, 0) is 12.4 Å². The number of nitrogens with zero attached hydrogens (tertiary/aromatic N) is 3. The van der Waals surface area contributed by atoms with Crippen molar-refractivity contribution in [3.63, 3.8) is 0 Å². The van der Waals surface area contributed by atoms with E-state index in [1.165, 1.54) is 41.6 Å². The van der Waals surface area contributed by atoms with Gasteiger partial charge >= 0.3 is 0 Å². The number of hydrogen-bond acceptors (Lipinski definition) is 2. The number of fused-ring (bicyclic) bond motifs is 1. The number of imidazole rings is 1. The van der Waals surface area contributed by atoms with E-state index in [9.17, 15) is 0 Å². The van der Waals surface area contributed by atoms with Crippen LogP contribution in [0.2, 0.25) is 0 Å².